The number of hydrogen-bond donors (Lipinski definition) is 0. The summed E-state index contributed by atoms with van der Waals surface area (Å²) in [6, 6.07) is 2.85. The largest absolute Gasteiger partial charge is 0.323 e. The van der Waals surface area contributed by atoms with Crippen molar-refractivity contribution in [1.82, 2.24) is 28.9 Å². The standard InChI is InChI=1S/C23H26F2N6O3S/c24-16-3-4-19(18(25)5-16)35(33,34)30-12-23(13-30)10-29(11-23)21(32)28-8-22(9-28)6-17(7-22)31-14-26-20(27-31)15-1-2-15/h3-5,14-15,17H,1-2,6-13H2. The summed E-state index contributed by atoms with van der Waals surface area (Å²) in [4.78, 5) is 20.5. The number of halogens is 2. The van der Waals surface area contributed by atoms with Crippen LogP contribution in [-0.4, -0.2) is 82.6 Å². The van der Waals surface area contributed by atoms with Crippen LogP contribution in [-0.2, 0) is 10.0 Å². The number of sulfonamides is 1. The van der Waals surface area contributed by atoms with Gasteiger partial charge in [0, 0.05) is 62.1 Å². The van der Waals surface area contributed by atoms with Crippen molar-refractivity contribution in [2.45, 2.75) is 42.5 Å². The summed E-state index contributed by atoms with van der Waals surface area (Å²) in [7, 11) is -4.02. The third-order valence-corrected chi connectivity index (χ3v) is 10.2. The minimum atomic E-state index is -4.02. The highest BCUT2D eigenvalue weighted by Gasteiger charge is 2.60. The van der Waals surface area contributed by atoms with Gasteiger partial charge in [-0.25, -0.2) is 31.7 Å². The van der Waals surface area contributed by atoms with Gasteiger partial charge in [-0.05, 0) is 37.8 Å². The van der Waals surface area contributed by atoms with Crippen LogP contribution in [0, 0.1) is 22.5 Å². The zero-order valence-electron chi connectivity index (χ0n) is 19.1. The first-order chi connectivity index (χ1) is 16.7. The van der Waals surface area contributed by atoms with Crippen molar-refractivity contribution < 1.29 is 22.0 Å². The number of urea groups is 1. The number of rotatable bonds is 4. The first-order valence-electron chi connectivity index (χ1n) is 12.1. The Kier molecular flexibility index (Phi) is 4.33. The van der Waals surface area contributed by atoms with Gasteiger partial charge in [-0.3, -0.25) is 0 Å². The molecule has 3 saturated heterocycles. The molecule has 1 aromatic carbocycles. The topological polar surface area (TPSA) is 91.6 Å². The fraction of sp³-hybridized carbons (Fsp3) is 0.609. The first-order valence-corrected chi connectivity index (χ1v) is 13.5. The lowest BCUT2D eigenvalue weighted by Gasteiger charge is -2.63. The van der Waals surface area contributed by atoms with Crippen LogP contribution in [0.4, 0.5) is 13.6 Å². The number of amides is 2. The number of nitrogens with zero attached hydrogens (tertiary/aromatic N) is 6. The maximum Gasteiger partial charge on any atom is 0.320 e. The second-order valence-electron chi connectivity index (χ2n) is 11.3. The predicted octanol–water partition coefficient (Wildman–Crippen LogP) is 2.20. The van der Waals surface area contributed by atoms with Gasteiger partial charge in [0.2, 0.25) is 10.0 Å². The number of carbonyl (C=O) groups is 1. The Labute approximate surface area is 201 Å². The van der Waals surface area contributed by atoms with E-state index in [-0.39, 0.29) is 30.0 Å². The normalized spacial score (nSPS) is 25.2. The lowest BCUT2D eigenvalue weighted by Crippen LogP contribution is -2.76. The van der Waals surface area contributed by atoms with Gasteiger partial charge in [0.25, 0.3) is 0 Å². The van der Waals surface area contributed by atoms with Crippen molar-refractivity contribution in [2.24, 2.45) is 10.8 Å². The van der Waals surface area contributed by atoms with E-state index in [1.54, 1.807) is 4.90 Å². The van der Waals surface area contributed by atoms with E-state index in [1.165, 1.54) is 17.1 Å². The van der Waals surface area contributed by atoms with E-state index in [0.29, 0.717) is 31.1 Å². The van der Waals surface area contributed by atoms with Gasteiger partial charge in [-0.1, -0.05) is 0 Å². The second-order valence-corrected chi connectivity index (χ2v) is 13.2. The van der Waals surface area contributed by atoms with E-state index in [9.17, 15) is 22.0 Å². The maximum absolute atomic E-state index is 14.0. The number of likely N-dealkylation sites (tertiary alicyclic amines) is 2. The molecular weight excluding hydrogens is 478 g/mol. The average molecular weight is 505 g/mol. The minimum absolute atomic E-state index is 0.00682. The Morgan fingerprint density at radius 1 is 0.971 bits per heavy atom. The van der Waals surface area contributed by atoms with Gasteiger partial charge < -0.3 is 9.80 Å². The zero-order valence-corrected chi connectivity index (χ0v) is 19.9. The van der Waals surface area contributed by atoms with E-state index in [2.05, 4.69) is 10.1 Å². The molecule has 2 spiro atoms. The summed E-state index contributed by atoms with van der Waals surface area (Å²) >= 11 is 0. The molecule has 9 nitrogen and oxygen atoms in total. The van der Waals surface area contributed by atoms with Crippen LogP contribution in [0.3, 0.4) is 0 Å². The average Bonchev–Trinajstić information content (AvgIpc) is 3.41. The molecule has 5 aliphatic rings. The van der Waals surface area contributed by atoms with E-state index in [1.807, 2.05) is 15.9 Å². The van der Waals surface area contributed by atoms with E-state index in [4.69, 9.17) is 0 Å². The second kappa shape index (κ2) is 7.00. The van der Waals surface area contributed by atoms with Gasteiger partial charge in [-0.2, -0.15) is 9.40 Å². The van der Waals surface area contributed by atoms with Crippen molar-refractivity contribution in [2.75, 3.05) is 39.3 Å². The maximum atomic E-state index is 14.0. The Morgan fingerprint density at radius 2 is 1.63 bits per heavy atom. The summed E-state index contributed by atoms with van der Waals surface area (Å²) in [5.74, 6) is -0.392. The van der Waals surface area contributed by atoms with E-state index in [0.717, 1.165) is 43.9 Å². The van der Waals surface area contributed by atoms with Crippen LogP contribution in [0.2, 0.25) is 0 Å². The lowest BCUT2D eigenvalue weighted by molar-refractivity contribution is -0.101. The van der Waals surface area contributed by atoms with Crippen molar-refractivity contribution in [3.63, 3.8) is 0 Å². The van der Waals surface area contributed by atoms with Crippen molar-refractivity contribution in [3.05, 3.63) is 42.0 Å². The molecule has 0 unspecified atom stereocenters. The van der Waals surface area contributed by atoms with Crippen LogP contribution in [0.25, 0.3) is 0 Å². The van der Waals surface area contributed by atoms with Crippen LogP contribution in [0.15, 0.2) is 29.4 Å². The highest BCUT2D eigenvalue weighted by molar-refractivity contribution is 7.89. The molecule has 0 bridgehead atoms. The van der Waals surface area contributed by atoms with Gasteiger partial charge in [0.1, 0.15) is 22.9 Å². The molecule has 186 valence electrons. The van der Waals surface area contributed by atoms with Crippen LogP contribution in [0.5, 0.6) is 0 Å². The number of benzene rings is 1. The summed E-state index contributed by atoms with van der Waals surface area (Å²) < 4.78 is 55.7. The van der Waals surface area contributed by atoms with Crippen LogP contribution >= 0.6 is 0 Å². The molecule has 0 radical (unpaired) electrons. The summed E-state index contributed by atoms with van der Waals surface area (Å²) in [6.07, 6.45) is 6.25. The summed E-state index contributed by atoms with van der Waals surface area (Å²) in [6.45, 7) is 2.98. The predicted molar refractivity (Wildman–Crippen MR) is 119 cm³/mol. The summed E-state index contributed by atoms with van der Waals surface area (Å²) in [5, 5.41) is 4.64. The van der Waals surface area contributed by atoms with Gasteiger partial charge in [0.05, 0.1) is 6.04 Å². The molecule has 7 rings (SSSR count). The minimum Gasteiger partial charge on any atom is -0.323 e. The fourth-order valence-corrected chi connectivity index (χ4v) is 7.98. The molecule has 2 aromatic rings. The van der Waals surface area contributed by atoms with Gasteiger partial charge in [-0.15, -0.1) is 0 Å². The summed E-state index contributed by atoms with van der Waals surface area (Å²) in [5.41, 5.74) is -0.0785. The molecule has 2 saturated carbocycles. The SMILES string of the molecule is O=C(N1CC2(CC(n3cnc(C4CC4)n3)C2)C1)N1CC2(C1)CN(S(=O)(=O)c1ccc(F)cc1F)C2. The quantitative estimate of drug-likeness (QED) is 0.637. The highest BCUT2D eigenvalue weighted by Crippen LogP contribution is 2.54. The first kappa shape index (κ1) is 21.7. The molecule has 5 fully saturated rings. The molecule has 2 aliphatic carbocycles. The molecule has 1 aromatic heterocycles. The fourth-order valence-electron chi connectivity index (χ4n) is 6.27. The Bertz CT molecular complexity index is 1310. The monoisotopic (exact) mass is 504 g/mol. The molecule has 35 heavy (non-hydrogen) atoms. The number of hydrogen-bond acceptors (Lipinski definition) is 5. The molecule has 12 heteroatoms. The van der Waals surface area contributed by atoms with Gasteiger partial charge in [0.15, 0.2) is 5.82 Å². The zero-order chi connectivity index (χ0) is 24.2. The smallest absolute Gasteiger partial charge is 0.320 e. The van der Waals surface area contributed by atoms with E-state index < -0.39 is 26.6 Å². The molecular formula is C23H26F2N6O3S. The van der Waals surface area contributed by atoms with Crippen LogP contribution in [0.1, 0.15) is 43.5 Å². The molecule has 4 heterocycles. The van der Waals surface area contributed by atoms with Crippen molar-refractivity contribution >= 4 is 16.1 Å². The Balaban J connectivity index is 0.891. The third-order valence-electron chi connectivity index (χ3n) is 8.36. The van der Waals surface area contributed by atoms with Crippen molar-refractivity contribution in [3.8, 4) is 0 Å². The van der Waals surface area contributed by atoms with Crippen molar-refractivity contribution in [1.29, 1.82) is 0 Å². The molecule has 0 atom stereocenters. The number of aromatic nitrogens is 3. The molecule has 3 aliphatic heterocycles. The Morgan fingerprint density at radius 3 is 2.26 bits per heavy atom. The lowest BCUT2D eigenvalue weighted by atomic mass is 9.60. The third kappa shape index (κ3) is 3.32. The number of carbonyl (C=O) groups excluding carboxylic acids is 1. The van der Waals surface area contributed by atoms with Gasteiger partial charge >= 0.3 is 6.03 Å². The van der Waals surface area contributed by atoms with Crippen LogP contribution < -0.4 is 0 Å². The molecule has 2 amide bonds. The Hall–Kier alpha value is -2.60. The highest BCUT2D eigenvalue weighted by atomic mass is 32.2. The molecule has 0 N–H and O–H groups in total. The van der Waals surface area contributed by atoms with E-state index >= 15 is 0 Å².